The van der Waals surface area contributed by atoms with E-state index in [0.29, 0.717) is 13.1 Å². The maximum atomic E-state index is 13.6. The standard InChI is InChI=1S/C42H48N8O6/c1-24(2)36(48-42(54)56-5)40(52)50-19-7-9-35(50)38-44-23-33(47-38)31-17-16-29-20-28(14-15-30(29)21-31)26-10-12-27(13-11-26)32-22-43-37(46-32)34-8-6-18-49(34)39(51)25(3)45-41(53)55-4/h10-17,20-25,34-36H,6-9,18-19H2,1-5H3,(H,43,46)(H,44,47)(H,45,53)(H,48,54)/t25?,34-,35-,36?/m0/s1. The predicted octanol–water partition coefficient (Wildman–Crippen LogP) is 6.74. The van der Waals surface area contributed by atoms with E-state index in [-0.39, 0.29) is 29.8 Å². The molecule has 4 heterocycles. The molecule has 3 aromatic carbocycles. The number of H-pyrrole nitrogens is 2. The summed E-state index contributed by atoms with van der Waals surface area (Å²) < 4.78 is 9.41. The first-order chi connectivity index (χ1) is 27.0. The SMILES string of the molecule is COC(=O)NC(C)C(=O)N1CCC[C@H]1c1ncc(-c2ccc(-c3ccc4cc(-c5cnc([C@@H]6CCCN6C(=O)C(NC(=O)OC)C(C)C)[nH]5)ccc4c3)cc2)[nH]1. The highest BCUT2D eigenvalue weighted by Crippen LogP contribution is 2.35. The molecule has 56 heavy (non-hydrogen) atoms. The van der Waals surface area contributed by atoms with Crippen LogP contribution in [-0.4, -0.2) is 93.1 Å². The molecular formula is C42H48N8O6. The molecule has 0 aliphatic carbocycles. The molecule has 7 rings (SSSR count). The lowest BCUT2D eigenvalue weighted by atomic mass is 9.98. The zero-order valence-electron chi connectivity index (χ0n) is 32.3. The van der Waals surface area contributed by atoms with Crippen molar-refractivity contribution in [1.82, 2.24) is 40.4 Å². The molecule has 292 valence electrons. The van der Waals surface area contributed by atoms with E-state index in [1.165, 1.54) is 14.2 Å². The Morgan fingerprint density at radius 1 is 0.661 bits per heavy atom. The number of nitrogens with one attached hydrogen (secondary N) is 4. The minimum atomic E-state index is -0.705. The Hall–Kier alpha value is -6.18. The lowest BCUT2D eigenvalue weighted by Gasteiger charge is -2.30. The van der Waals surface area contributed by atoms with Gasteiger partial charge < -0.3 is 39.9 Å². The van der Waals surface area contributed by atoms with Crippen LogP contribution in [-0.2, 0) is 19.1 Å². The fraction of sp³-hybridized carbons (Fsp3) is 0.381. The molecule has 14 nitrogen and oxygen atoms in total. The van der Waals surface area contributed by atoms with Gasteiger partial charge >= 0.3 is 12.2 Å². The number of aromatic nitrogens is 4. The van der Waals surface area contributed by atoms with Crippen LogP contribution in [0.4, 0.5) is 9.59 Å². The number of alkyl carbamates (subject to hydrolysis) is 2. The van der Waals surface area contributed by atoms with Crippen LogP contribution in [0.5, 0.6) is 0 Å². The molecular weight excluding hydrogens is 713 g/mol. The minimum absolute atomic E-state index is 0.104. The molecule has 4 N–H and O–H groups in total. The van der Waals surface area contributed by atoms with E-state index in [2.05, 4.69) is 91.0 Å². The topological polar surface area (TPSA) is 175 Å². The van der Waals surface area contributed by atoms with Gasteiger partial charge in [-0.15, -0.1) is 0 Å². The van der Waals surface area contributed by atoms with Crippen LogP contribution in [0.1, 0.15) is 70.2 Å². The maximum Gasteiger partial charge on any atom is 0.407 e. The zero-order valence-corrected chi connectivity index (χ0v) is 32.3. The van der Waals surface area contributed by atoms with Crippen LogP contribution in [0, 0.1) is 5.92 Å². The largest absolute Gasteiger partial charge is 0.453 e. The highest BCUT2D eigenvalue weighted by atomic mass is 16.5. The fourth-order valence-corrected chi connectivity index (χ4v) is 7.79. The molecule has 2 aliphatic rings. The number of hydrogen-bond acceptors (Lipinski definition) is 8. The Labute approximate surface area is 325 Å². The van der Waals surface area contributed by atoms with Crippen LogP contribution in [0.25, 0.3) is 44.4 Å². The molecule has 4 atom stereocenters. The van der Waals surface area contributed by atoms with E-state index in [9.17, 15) is 19.2 Å². The Bertz CT molecular complexity index is 2230. The van der Waals surface area contributed by atoms with Crippen molar-refractivity contribution < 1.29 is 28.7 Å². The first-order valence-corrected chi connectivity index (χ1v) is 19.1. The van der Waals surface area contributed by atoms with Crippen molar-refractivity contribution in [3.8, 4) is 33.6 Å². The number of carbonyl (C=O) groups excluding carboxylic acids is 4. The van der Waals surface area contributed by atoms with Crippen molar-refractivity contribution in [2.45, 2.75) is 70.6 Å². The number of carbonyl (C=O) groups is 4. The van der Waals surface area contributed by atoms with Gasteiger partial charge in [0.25, 0.3) is 0 Å². The number of ether oxygens (including phenoxy) is 2. The smallest absolute Gasteiger partial charge is 0.407 e. The van der Waals surface area contributed by atoms with Crippen molar-refractivity contribution in [3.63, 3.8) is 0 Å². The molecule has 0 bridgehead atoms. The third-order valence-electron chi connectivity index (χ3n) is 10.9. The third-order valence-corrected chi connectivity index (χ3v) is 10.9. The van der Waals surface area contributed by atoms with Gasteiger partial charge in [0, 0.05) is 18.7 Å². The Morgan fingerprint density at radius 2 is 1.14 bits per heavy atom. The second-order valence-electron chi connectivity index (χ2n) is 14.8. The molecule has 4 amide bonds. The van der Waals surface area contributed by atoms with E-state index in [4.69, 9.17) is 9.72 Å². The molecule has 2 aromatic heterocycles. The van der Waals surface area contributed by atoms with Gasteiger partial charge in [-0.25, -0.2) is 19.6 Å². The summed E-state index contributed by atoms with van der Waals surface area (Å²) in [6.07, 6.45) is 5.63. The fourth-order valence-electron chi connectivity index (χ4n) is 7.79. The Morgan fingerprint density at radius 3 is 1.71 bits per heavy atom. The van der Waals surface area contributed by atoms with E-state index in [1.54, 1.807) is 18.0 Å². The monoisotopic (exact) mass is 760 g/mol. The van der Waals surface area contributed by atoms with E-state index >= 15 is 0 Å². The van der Waals surface area contributed by atoms with Gasteiger partial charge in [-0.05, 0) is 78.1 Å². The van der Waals surface area contributed by atoms with Crippen LogP contribution < -0.4 is 10.6 Å². The van der Waals surface area contributed by atoms with Crippen LogP contribution >= 0.6 is 0 Å². The molecule has 2 saturated heterocycles. The molecule has 2 fully saturated rings. The third kappa shape index (κ3) is 7.81. The summed E-state index contributed by atoms with van der Waals surface area (Å²) in [4.78, 5) is 70.1. The summed E-state index contributed by atoms with van der Waals surface area (Å²) >= 11 is 0. The summed E-state index contributed by atoms with van der Waals surface area (Å²) in [6.45, 7) is 6.65. The Balaban J connectivity index is 1.02. The number of hydrogen-bond donors (Lipinski definition) is 4. The number of imidazole rings is 2. The van der Waals surface area contributed by atoms with Gasteiger partial charge in [0.05, 0.1) is 50.1 Å². The molecule has 0 spiro atoms. The molecule has 2 unspecified atom stereocenters. The average molecular weight is 761 g/mol. The maximum absolute atomic E-state index is 13.6. The highest BCUT2D eigenvalue weighted by Gasteiger charge is 2.38. The van der Waals surface area contributed by atoms with E-state index in [1.807, 2.05) is 24.9 Å². The van der Waals surface area contributed by atoms with E-state index < -0.39 is 24.3 Å². The molecule has 14 heteroatoms. The highest BCUT2D eigenvalue weighted by molar-refractivity contribution is 5.91. The second kappa shape index (κ2) is 16.3. The number of likely N-dealkylation sites (tertiary alicyclic amines) is 2. The Kier molecular flexibility index (Phi) is 11.1. The van der Waals surface area contributed by atoms with Gasteiger partial charge in [-0.2, -0.15) is 0 Å². The number of nitrogens with zero attached hydrogens (tertiary/aromatic N) is 4. The van der Waals surface area contributed by atoms with Crippen molar-refractivity contribution in [2.75, 3.05) is 27.3 Å². The van der Waals surface area contributed by atoms with Crippen molar-refractivity contribution in [3.05, 3.63) is 84.7 Å². The molecule has 0 radical (unpaired) electrons. The summed E-state index contributed by atoms with van der Waals surface area (Å²) in [5, 5.41) is 7.45. The number of rotatable bonds is 10. The predicted molar refractivity (Wildman–Crippen MR) is 211 cm³/mol. The normalized spacial score (nSPS) is 17.9. The van der Waals surface area contributed by atoms with Gasteiger partial charge in [0.15, 0.2) is 0 Å². The van der Waals surface area contributed by atoms with Gasteiger partial charge in [0.2, 0.25) is 11.8 Å². The summed E-state index contributed by atoms with van der Waals surface area (Å²) in [5.41, 5.74) is 5.88. The lowest BCUT2D eigenvalue weighted by Crippen LogP contribution is -2.51. The van der Waals surface area contributed by atoms with Gasteiger partial charge in [0.1, 0.15) is 23.7 Å². The number of amides is 4. The number of fused-ring (bicyclic) bond motifs is 1. The number of aromatic amines is 2. The molecule has 5 aromatic rings. The van der Waals surface area contributed by atoms with E-state index in [0.717, 1.165) is 81.7 Å². The van der Waals surface area contributed by atoms with Gasteiger partial charge in [-0.1, -0.05) is 62.4 Å². The average Bonchev–Trinajstić information content (AvgIpc) is 4.06. The quantitative estimate of drug-likeness (QED) is 0.121. The second-order valence-corrected chi connectivity index (χ2v) is 14.8. The molecule has 2 aliphatic heterocycles. The first kappa shape index (κ1) is 38.1. The lowest BCUT2D eigenvalue weighted by molar-refractivity contribution is -0.135. The van der Waals surface area contributed by atoms with Crippen molar-refractivity contribution in [1.29, 1.82) is 0 Å². The summed E-state index contributed by atoms with van der Waals surface area (Å²) in [5.74, 6) is 1.04. The number of benzene rings is 3. The summed E-state index contributed by atoms with van der Waals surface area (Å²) in [7, 11) is 2.56. The summed E-state index contributed by atoms with van der Waals surface area (Å²) in [6, 6.07) is 19.2. The first-order valence-electron chi connectivity index (χ1n) is 19.1. The number of methoxy groups -OCH3 is 2. The van der Waals surface area contributed by atoms with Crippen molar-refractivity contribution >= 4 is 34.8 Å². The van der Waals surface area contributed by atoms with Crippen LogP contribution in [0.2, 0.25) is 0 Å². The molecule has 0 saturated carbocycles. The zero-order chi connectivity index (χ0) is 39.5. The van der Waals surface area contributed by atoms with Gasteiger partial charge in [-0.3, -0.25) is 9.59 Å². The van der Waals surface area contributed by atoms with Crippen LogP contribution in [0.3, 0.4) is 0 Å². The van der Waals surface area contributed by atoms with Crippen molar-refractivity contribution in [2.24, 2.45) is 5.92 Å². The minimum Gasteiger partial charge on any atom is -0.453 e. The van der Waals surface area contributed by atoms with Crippen LogP contribution in [0.15, 0.2) is 73.1 Å².